The Morgan fingerprint density at radius 2 is 2.25 bits per heavy atom. The first kappa shape index (κ1) is 13.0. The van der Waals surface area contributed by atoms with Gasteiger partial charge in [-0.15, -0.1) is 0 Å². The van der Waals surface area contributed by atoms with E-state index in [4.69, 9.17) is 4.74 Å². The number of anilines is 1. The van der Waals surface area contributed by atoms with Crippen molar-refractivity contribution < 1.29 is 9.53 Å². The molecule has 0 radical (unpaired) electrons. The predicted octanol–water partition coefficient (Wildman–Crippen LogP) is 3.12. The van der Waals surface area contributed by atoms with Gasteiger partial charge in [0, 0.05) is 0 Å². The largest absolute Gasteiger partial charge is 0.491 e. The highest BCUT2D eigenvalue weighted by Gasteiger charge is 2.06. The predicted molar refractivity (Wildman–Crippen MR) is 69.4 cm³/mol. The van der Waals surface area contributed by atoms with E-state index in [9.17, 15) is 4.79 Å². The van der Waals surface area contributed by atoms with Crippen LogP contribution in [0.4, 0.5) is 5.69 Å². The number of benzene rings is 1. The molecule has 4 heteroatoms. The highest BCUT2D eigenvalue weighted by Crippen LogP contribution is 2.25. The van der Waals surface area contributed by atoms with Crippen molar-refractivity contribution >= 4 is 27.5 Å². The molecule has 1 amide bonds. The summed E-state index contributed by atoms with van der Waals surface area (Å²) >= 11 is 3.11. The summed E-state index contributed by atoms with van der Waals surface area (Å²) < 4.78 is 5.58. The van der Waals surface area contributed by atoms with E-state index in [0.29, 0.717) is 6.61 Å². The maximum Gasteiger partial charge on any atom is 0.235 e. The van der Waals surface area contributed by atoms with Crippen LogP contribution in [-0.2, 0) is 4.79 Å². The SMILES string of the molecule is CCCOc1cc(C)ccc1NC(=O)CBr. The summed E-state index contributed by atoms with van der Waals surface area (Å²) in [7, 11) is 0. The van der Waals surface area contributed by atoms with Crippen LogP contribution in [0.2, 0.25) is 0 Å². The average molecular weight is 286 g/mol. The van der Waals surface area contributed by atoms with Crippen molar-refractivity contribution in [1.82, 2.24) is 0 Å². The number of nitrogens with one attached hydrogen (secondary N) is 1. The number of alkyl halides is 1. The van der Waals surface area contributed by atoms with Crippen LogP contribution in [0.15, 0.2) is 18.2 Å². The van der Waals surface area contributed by atoms with E-state index in [1.165, 1.54) is 0 Å². The molecule has 0 atom stereocenters. The number of ether oxygens (including phenoxy) is 1. The third kappa shape index (κ3) is 3.85. The highest BCUT2D eigenvalue weighted by molar-refractivity contribution is 9.09. The van der Waals surface area contributed by atoms with Crippen LogP contribution < -0.4 is 10.1 Å². The topological polar surface area (TPSA) is 38.3 Å². The van der Waals surface area contributed by atoms with Crippen LogP contribution in [0, 0.1) is 6.92 Å². The van der Waals surface area contributed by atoms with E-state index < -0.39 is 0 Å². The molecule has 0 heterocycles. The summed E-state index contributed by atoms with van der Waals surface area (Å²) in [6.45, 7) is 4.70. The lowest BCUT2D eigenvalue weighted by atomic mass is 10.2. The van der Waals surface area contributed by atoms with E-state index in [0.717, 1.165) is 23.4 Å². The Morgan fingerprint density at radius 1 is 1.50 bits per heavy atom. The lowest BCUT2D eigenvalue weighted by molar-refractivity contribution is -0.113. The van der Waals surface area contributed by atoms with E-state index in [-0.39, 0.29) is 11.2 Å². The lowest BCUT2D eigenvalue weighted by Crippen LogP contribution is -2.13. The summed E-state index contributed by atoms with van der Waals surface area (Å²) in [6.07, 6.45) is 0.944. The monoisotopic (exact) mass is 285 g/mol. The molecule has 0 saturated carbocycles. The molecular weight excluding hydrogens is 270 g/mol. The molecule has 0 aliphatic heterocycles. The minimum atomic E-state index is -0.0785. The maximum absolute atomic E-state index is 11.3. The third-order valence-corrected chi connectivity index (χ3v) is 2.50. The number of halogens is 1. The molecule has 0 unspecified atom stereocenters. The lowest BCUT2D eigenvalue weighted by Gasteiger charge is -2.12. The van der Waals surface area contributed by atoms with E-state index in [1.807, 2.05) is 32.0 Å². The second-order valence-electron chi connectivity index (χ2n) is 3.53. The summed E-state index contributed by atoms with van der Waals surface area (Å²) in [5.41, 5.74) is 1.84. The Morgan fingerprint density at radius 3 is 2.88 bits per heavy atom. The molecule has 0 fully saturated rings. The van der Waals surface area contributed by atoms with Crippen molar-refractivity contribution in [3.8, 4) is 5.75 Å². The molecule has 0 spiro atoms. The summed E-state index contributed by atoms with van der Waals surface area (Å²) in [4.78, 5) is 11.3. The van der Waals surface area contributed by atoms with Gasteiger partial charge in [-0.25, -0.2) is 0 Å². The Balaban J connectivity index is 2.84. The van der Waals surface area contributed by atoms with Gasteiger partial charge in [0.25, 0.3) is 0 Å². The third-order valence-electron chi connectivity index (χ3n) is 1.99. The molecule has 3 nitrogen and oxygen atoms in total. The van der Waals surface area contributed by atoms with Crippen molar-refractivity contribution in [3.63, 3.8) is 0 Å². The molecule has 1 N–H and O–H groups in total. The second kappa shape index (κ2) is 6.53. The first-order chi connectivity index (χ1) is 7.67. The van der Waals surface area contributed by atoms with Gasteiger partial charge in [0.15, 0.2) is 0 Å². The van der Waals surface area contributed by atoms with Crippen molar-refractivity contribution in [2.45, 2.75) is 20.3 Å². The Kier molecular flexibility index (Phi) is 5.32. The van der Waals surface area contributed by atoms with E-state index >= 15 is 0 Å². The normalized spacial score (nSPS) is 9.94. The number of aryl methyl sites for hydroxylation is 1. The van der Waals surface area contributed by atoms with Crippen molar-refractivity contribution in [3.05, 3.63) is 23.8 Å². The van der Waals surface area contributed by atoms with Crippen LogP contribution in [0.5, 0.6) is 5.75 Å². The van der Waals surface area contributed by atoms with Gasteiger partial charge in [-0.05, 0) is 31.0 Å². The van der Waals surface area contributed by atoms with Crippen LogP contribution in [0.25, 0.3) is 0 Å². The first-order valence-corrected chi connectivity index (χ1v) is 6.38. The Labute approximate surface area is 104 Å². The molecule has 0 aliphatic rings. The molecule has 0 bridgehead atoms. The molecular formula is C12H16BrNO2. The van der Waals surface area contributed by atoms with Crippen molar-refractivity contribution in [2.24, 2.45) is 0 Å². The zero-order chi connectivity index (χ0) is 12.0. The summed E-state index contributed by atoms with van der Waals surface area (Å²) in [5, 5.41) is 3.07. The molecule has 0 aliphatic carbocycles. The van der Waals surface area contributed by atoms with Crippen LogP contribution >= 0.6 is 15.9 Å². The zero-order valence-corrected chi connectivity index (χ0v) is 11.1. The molecule has 0 aromatic heterocycles. The standard InChI is InChI=1S/C12H16BrNO2/c1-3-6-16-11-7-9(2)4-5-10(11)14-12(15)8-13/h4-5,7H,3,6,8H2,1-2H3,(H,14,15). The molecule has 0 saturated heterocycles. The Bertz CT molecular complexity index is 366. The van der Waals surface area contributed by atoms with Crippen LogP contribution in [-0.4, -0.2) is 17.8 Å². The van der Waals surface area contributed by atoms with Crippen molar-refractivity contribution in [1.29, 1.82) is 0 Å². The van der Waals surface area contributed by atoms with E-state index in [2.05, 4.69) is 21.2 Å². The summed E-state index contributed by atoms with van der Waals surface area (Å²) in [6, 6.07) is 5.74. The second-order valence-corrected chi connectivity index (χ2v) is 4.09. The van der Waals surface area contributed by atoms with Gasteiger partial charge in [0.2, 0.25) is 5.91 Å². The van der Waals surface area contributed by atoms with Gasteiger partial charge >= 0.3 is 0 Å². The van der Waals surface area contributed by atoms with Gasteiger partial charge in [0.05, 0.1) is 17.6 Å². The molecule has 16 heavy (non-hydrogen) atoms. The van der Waals surface area contributed by atoms with Gasteiger partial charge in [0.1, 0.15) is 5.75 Å². The summed E-state index contributed by atoms with van der Waals surface area (Å²) in [5.74, 6) is 0.654. The first-order valence-electron chi connectivity index (χ1n) is 5.26. The number of rotatable bonds is 5. The zero-order valence-electron chi connectivity index (χ0n) is 9.55. The molecule has 1 aromatic carbocycles. The average Bonchev–Trinajstić information content (AvgIpc) is 2.29. The number of hydrogen-bond acceptors (Lipinski definition) is 2. The van der Waals surface area contributed by atoms with Crippen LogP contribution in [0.3, 0.4) is 0 Å². The fourth-order valence-corrected chi connectivity index (χ4v) is 1.39. The quantitative estimate of drug-likeness (QED) is 0.845. The minimum absolute atomic E-state index is 0.0785. The smallest absolute Gasteiger partial charge is 0.235 e. The maximum atomic E-state index is 11.3. The van der Waals surface area contributed by atoms with E-state index in [1.54, 1.807) is 0 Å². The molecule has 1 aromatic rings. The molecule has 1 rings (SSSR count). The minimum Gasteiger partial charge on any atom is -0.491 e. The fraction of sp³-hybridized carbons (Fsp3) is 0.417. The van der Waals surface area contributed by atoms with Crippen molar-refractivity contribution in [2.75, 3.05) is 17.3 Å². The van der Waals surface area contributed by atoms with Gasteiger partial charge < -0.3 is 10.1 Å². The van der Waals surface area contributed by atoms with Crippen LogP contribution in [0.1, 0.15) is 18.9 Å². The number of amides is 1. The number of carbonyl (C=O) groups excluding carboxylic acids is 1. The fourth-order valence-electron chi connectivity index (χ4n) is 1.25. The van der Waals surface area contributed by atoms with Gasteiger partial charge in [-0.1, -0.05) is 28.9 Å². The Hall–Kier alpha value is -1.03. The van der Waals surface area contributed by atoms with Gasteiger partial charge in [-0.2, -0.15) is 0 Å². The number of carbonyl (C=O) groups is 1. The molecule has 88 valence electrons. The van der Waals surface area contributed by atoms with Gasteiger partial charge in [-0.3, -0.25) is 4.79 Å². The highest BCUT2D eigenvalue weighted by atomic mass is 79.9. The number of hydrogen-bond donors (Lipinski definition) is 1.